The maximum Gasteiger partial charge on any atom is 0.251 e. The molecule has 0 heterocycles. The quantitative estimate of drug-likeness (QED) is 0.642. The van der Waals surface area contributed by atoms with E-state index in [-0.39, 0.29) is 5.91 Å². The fourth-order valence-electron chi connectivity index (χ4n) is 3.75. The molecule has 0 saturated heterocycles. The van der Waals surface area contributed by atoms with Crippen molar-refractivity contribution in [2.24, 2.45) is 0 Å². The lowest BCUT2D eigenvalue weighted by Crippen LogP contribution is -2.17. The molecule has 146 valence electrons. The average molecular weight is 383 g/mol. The Morgan fingerprint density at radius 2 is 1.66 bits per heavy atom. The minimum Gasteiger partial charge on any atom is -0.322 e. The van der Waals surface area contributed by atoms with E-state index < -0.39 is 0 Å². The van der Waals surface area contributed by atoms with Gasteiger partial charge in [0.05, 0.1) is 0 Å². The molecule has 3 heteroatoms. The largest absolute Gasteiger partial charge is 0.322 e. The van der Waals surface area contributed by atoms with Crippen LogP contribution in [0.1, 0.15) is 23.1 Å². The molecule has 1 aliphatic rings. The first-order valence-corrected chi connectivity index (χ1v) is 10.0. The smallest absolute Gasteiger partial charge is 0.251 e. The van der Waals surface area contributed by atoms with Crippen molar-refractivity contribution in [2.75, 3.05) is 19.4 Å². The van der Waals surface area contributed by atoms with Gasteiger partial charge in [0.15, 0.2) is 0 Å². The predicted octanol–water partition coefficient (Wildman–Crippen LogP) is 5.38. The Bertz CT molecular complexity index is 1030. The number of anilines is 1. The van der Waals surface area contributed by atoms with Gasteiger partial charge in [0.1, 0.15) is 0 Å². The molecule has 1 amide bonds. The molecule has 0 aromatic heterocycles. The van der Waals surface area contributed by atoms with Crippen LogP contribution in [-0.4, -0.2) is 24.9 Å². The third-order valence-electron chi connectivity index (χ3n) is 5.25. The van der Waals surface area contributed by atoms with Gasteiger partial charge in [-0.25, -0.2) is 0 Å². The summed E-state index contributed by atoms with van der Waals surface area (Å²) in [5, 5.41) is 3.05. The van der Waals surface area contributed by atoms with Crippen molar-refractivity contribution in [2.45, 2.75) is 19.4 Å². The first kappa shape index (κ1) is 19.2. The van der Waals surface area contributed by atoms with E-state index in [0.717, 1.165) is 36.2 Å². The number of hydrogen-bond donors (Lipinski definition) is 1. The third-order valence-corrected chi connectivity index (χ3v) is 5.25. The van der Waals surface area contributed by atoms with Crippen LogP contribution in [-0.2, 0) is 17.8 Å². The van der Waals surface area contributed by atoms with Gasteiger partial charge in [-0.05, 0) is 79.0 Å². The first-order chi connectivity index (χ1) is 14.1. The van der Waals surface area contributed by atoms with E-state index in [1.54, 1.807) is 0 Å². The van der Waals surface area contributed by atoms with Crippen molar-refractivity contribution in [1.29, 1.82) is 0 Å². The summed E-state index contributed by atoms with van der Waals surface area (Å²) in [6.45, 7) is 0.889. The molecule has 1 N–H and O–H groups in total. The zero-order valence-electron chi connectivity index (χ0n) is 17.0. The topological polar surface area (TPSA) is 32.3 Å². The van der Waals surface area contributed by atoms with Crippen LogP contribution in [0.5, 0.6) is 0 Å². The highest BCUT2D eigenvalue weighted by Gasteiger charge is 2.17. The second kappa shape index (κ2) is 8.46. The van der Waals surface area contributed by atoms with Crippen molar-refractivity contribution < 1.29 is 4.79 Å². The highest BCUT2D eigenvalue weighted by Crippen LogP contribution is 2.29. The lowest BCUT2D eigenvalue weighted by Gasteiger charge is -2.18. The summed E-state index contributed by atoms with van der Waals surface area (Å²) < 4.78 is 0. The zero-order chi connectivity index (χ0) is 20.2. The second-order valence-electron chi connectivity index (χ2n) is 7.84. The van der Waals surface area contributed by atoms with Crippen LogP contribution in [0.2, 0.25) is 0 Å². The lowest BCUT2D eigenvalue weighted by atomic mass is 9.89. The number of rotatable bonds is 5. The van der Waals surface area contributed by atoms with Crippen LogP contribution in [0.15, 0.2) is 78.4 Å². The molecule has 0 unspecified atom stereocenters. The number of amides is 1. The van der Waals surface area contributed by atoms with E-state index >= 15 is 0 Å². The number of carbonyl (C=O) groups is 1. The molecule has 1 aliphatic carbocycles. The highest BCUT2D eigenvalue weighted by molar-refractivity contribution is 6.07. The molecule has 29 heavy (non-hydrogen) atoms. The van der Waals surface area contributed by atoms with Crippen LogP contribution in [0.4, 0.5) is 5.69 Å². The molecule has 3 aromatic rings. The Kier molecular flexibility index (Phi) is 5.59. The van der Waals surface area contributed by atoms with E-state index in [1.807, 2.05) is 50.5 Å². The van der Waals surface area contributed by atoms with Crippen molar-refractivity contribution in [3.63, 3.8) is 0 Å². The number of benzene rings is 3. The van der Waals surface area contributed by atoms with Gasteiger partial charge in [0.2, 0.25) is 0 Å². The van der Waals surface area contributed by atoms with Gasteiger partial charge in [-0.3, -0.25) is 4.79 Å². The summed E-state index contributed by atoms with van der Waals surface area (Å²) in [5.74, 6) is -0.0128. The summed E-state index contributed by atoms with van der Waals surface area (Å²) in [6, 6.07) is 25.0. The minimum absolute atomic E-state index is 0.0128. The van der Waals surface area contributed by atoms with E-state index in [4.69, 9.17) is 0 Å². The number of nitrogens with zero attached hydrogens (tertiary/aromatic N) is 1. The Morgan fingerprint density at radius 1 is 0.897 bits per heavy atom. The minimum atomic E-state index is -0.0128. The maximum atomic E-state index is 12.8. The summed E-state index contributed by atoms with van der Waals surface area (Å²) in [4.78, 5) is 14.9. The molecular formula is C26H26N2O. The van der Waals surface area contributed by atoms with Crippen molar-refractivity contribution in [3.8, 4) is 11.1 Å². The summed E-state index contributed by atoms with van der Waals surface area (Å²) in [6.07, 6.45) is 3.70. The van der Waals surface area contributed by atoms with Gasteiger partial charge in [0, 0.05) is 17.8 Å². The number of hydrogen-bond acceptors (Lipinski definition) is 2. The first-order valence-electron chi connectivity index (χ1n) is 10.0. The van der Waals surface area contributed by atoms with E-state index in [2.05, 4.69) is 52.7 Å². The molecule has 3 nitrogen and oxygen atoms in total. The highest BCUT2D eigenvalue weighted by atomic mass is 16.1. The fourth-order valence-corrected chi connectivity index (χ4v) is 3.75. The van der Waals surface area contributed by atoms with E-state index in [9.17, 15) is 4.79 Å². The van der Waals surface area contributed by atoms with Crippen LogP contribution in [0, 0.1) is 0 Å². The van der Waals surface area contributed by atoms with E-state index in [0.29, 0.717) is 0 Å². The SMILES string of the molecule is CN(C)Cc1ccc(NC(=O)C2=Cc3cc(-c4ccccc4)ccc3CC2)cc1. The monoisotopic (exact) mass is 382 g/mol. The standard InChI is InChI=1S/C26H26N2O/c1-28(2)18-19-8-14-25(15-9-19)27-26(29)23-13-11-21-10-12-22(16-24(21)17-23)20-6-4-3-5-7-20/h3-10,12,14-17H,11,13,18H2,1-2H3,(H,27,29). The van der Waals surface area contributed by atoms with Crippen LogP contribution in [0.3, 0.4) is 0 Å². The molecule has 3 aromatic carbocycles. The Morgan fingerprint density at radius 3 is 2.38 bits per heavy atom. The molecule has 0 bridgehead atoms. The van der Waals surface area contributed by atoms with Crippen LogP contribution in [0.25, 0.3) is 17.2 Å². The molecule has 0 fully saturated rings. The van der Waals surface area contributed by atoms with Gasteiger partial charge < -0.3 is 10.2 Å². The summed E-state index contributed by atoms with van der Waals surface area (Å²) in [7, 11) is 4.10. The van der Waals surface area contributed by atoms with E-state index in [1.165, 1.54) is 22.3 Å². The summed E-state index contributed by atoms with van der Waals surface area (Å²) in [5.41, 5.74) is 7.71. The molecule has 0 aliphatic heterocycles. The van der Waals surface area contributed by atoms with Crippen molar-refractivity contribution >= 4 is 17.7 Å². The zero-order valence-corrected chi connectivity index (χ0v) is 17.0. The van der Waals surface area contributed by atoms with Crippen molar-refractivity contribution in [3.05, 3.63) is 95.1 Å². The predicted molar refractivity (Wildman–Crippen MR) is 121 cm³/mol. The van der Waals surface area contributed by atoms with Gasteiger partial charge in [-0.2, -0.15) is 0 Å². The number of fused-ring (bicyclic) bond motifs is 1. The maximum absolute atomic E-state index is 12.8. The van der Waals surface area contributed by atoms with Gasteiger partial charge >= 0.3 is 0 Å². The number of nitrogens with one attached hydrogen (secondary N) is 1. The Labute approximate surface area is 172 Å². The lowest BCUT2D eigenvalue weighted by molar-refractivity contribution is -0.112. The van der Waals surface area contributed by atoms with Gasteiger partial charge in [0.25, 0.3) is 5.91 Å². The van der Waals surface area contributed by atoms with Gasteiger partial charge in [-0.1, -0.05) is 54.6 Å². The Hall–Kier alpha value is -3.17. The third kappa shape index (κ3) is 4.64. The molecule has 0 saturated carbocycles. The van der Waals surface area contributed by atoms with Crippen LogP contribution < -0.4 is 5.32 Å². The average Bonchev–Trinajstić information content (AvgIpc) is 2.74. The van der Waals surface area contributed by atoms with Gasteiger partial charge in [-0.15, -0.1) is 0 Å². The Balaban J connectivity index is 1.51. The molecular weight excluding hydrogens is 356 g/mol. The fraction of sp³-hybridized carbons (Fsp3) is 0.192. The second-order valence-corrected chi connectivity index (χ2v) is 7.84. The molecule has 0 spiro atoms. The number of carbonyl (C=O) groups excluding carboxylic acids is 1. The molecule has 0 radical (unpaired) electrons. The molecule has 4 rings (SSSR count). The molecule has 0 atom stereocenters. The van der Waals surface area contributed by atoms with Crippen LogP contribution >= 0.6 is 0 Å². The summed E-state index contributed by atoms with van der Waals surface area (Å²) >= 11 is 0. The van der Waals surface area contributed by atoms with Crippen molar-refractivity contribution in [1.82, 2.24) is 4.90 Å². The number of aryl methyl sites for hydroxylation is 1. The normalized spacial score (nSPS) is 13.0.